The Bertz CT molecular complexity index is 270. The lowest BCUT2D eigenvalue weighted by Crippen LogP contribution is -2.63. The maximum atomic E-state index is 11.0. The Morgan fingerprint density at radius 1 is 1.46 bits per heavy atom. The van der Waals surface area contributed by atoms with Crippen LogP contribution in [0.25, 0.3) is 0 Å². The van der Waals surface area contributed by atoms with Crippen LogP contribution in [0, 0.1) is 0 Å². The first-order chi connectivity index (χ1) is 6.20. The molecule has 3 heteroatoms. The number of carbonyl (C=O) groups excluding carboxylic acids is 1. The molecular formula is C10H14NO2+. The standard InChI is InChI=1S/C10H13NO2/c1-8(11)10(12)13-7-9-5-3-2-4-6-9/h2-6,8H,7,11H2,1H3/p+1/t8-/m1/s1. The molecule has 3 N–H and O–H groups in total. The zero-order valence-electron chi connectivity index (χ0n) is 7.69. The molecule has 13 heavy (non-hydrogen) atoms. The van der Waals surface area contributed by atoms with Crippen LogP contribution in [0.2, 0.25) is 0 Å². The van der Waals surface area contributed by atoms with Gasteiger partial charge in [-0.1, -0.05) is 30.3 Å². The normalized spacial score (nSPS) is 12.2. The molecule has 0 spiro atoms. The summed E-state index contributed by atoms with van der Waals surface area (Å²) in [6, 6.07) is 9.29. The molecule has 1 rings (SSSR count). The highest BCUT2D eigenvalue weighted by Gasteiger charge is 2.11. The summed E-state index contributed by atoms with van der Waals surface area (Å²) in [4.78, 5) is 11.0. The summed E-state index contributed by atoms with van der Waals surface area (Å²) in [7, 11) is 0. The van der Waals surface area contributed by atoms with E-state index in [1.807, 2.05) is 30.3 Å². The van der Waals surface area contributed by atoms with Crippen molar-refractivity contribution in [3.05, 3.63) is 35.9 Å². The van der Waals surface area contributed by atoms with E-state index in [0.717, 1.165) is 5.56 Å². The minimum absolute atomic E-state index is 0.260. The fourth-order valence-electron chi connectivity index (χ4n) is 0.871. The molecule has 3 nitrogen and oxygen atoms in total. The van der Waals surface area contributed by atoms with Gasteiger partial charge in [-0.15, -0.1) is 0 Å². The van der Waals surface area contributed by atoms with Crippen LogP contribution in [0.4, 0.5) is 0 Å². The van der Waals surface area contributed by atoms with Crippen molar-refractivity contribution >= 4 is 5.97 Å². The molecule has 0 amide bonds. The average Bonchev–Trinajstić information content (AvgIpc) is 2.15. The van der Waals surface area contributed by atoms with Crippen molar-refractivity contribution < 1.29 is 15.3 Å². The molecule has 0 saturated carbocycles. The number of esters is 1. The highest BCUT2D eigenvalue weighted by atomic mass is 16.5. The SMILES string of the molecule is C[C@@H]([NH3+])C(=O)OCc1ccccc1. The molecule has 0 saturated heterocycles. The largest absolute Gasteiger partial charge is 0.456 e. The molecule has 0 aromatic heterocycles. The Morgan fingerprint density at radius 3 is 2.62 bits per heavy atom. The summed E-state index contributed by atoms with van der Waals surface area (Å²) in [5.41, 5.74) is 4.57. The van der Waals surface area contributed by atoms with Gasteiger partial charge in [-0.25, -0.2) is 4.79 Å². The molecule has 0 aliphatic carbocycles. The maximum absolute atomic E-state index is 11.0. The van der Waals surface area contributed by atoms with E-state index in [2.05, 4.69) is 5.73 Å². The zero-order valence-corrected chi connectivity index (χ0v) is 7.69. The van der Waals surface area contributed by atoms with E-state index in [1.165, 1.54) is 0 Å². The zero-order chi connectivity index (χ0) is 9.68. The summed E-state index contributed by atoms with van der Waals surface area (Å²) in [6.45, 7) is 2.05. The minimum Gasteiger partial charge on any atom is -0.456 e. The van der Waals surface area contributed by atoms with Crippen LogP contribution in [0.1, 0.15) is 12.5 Å². The second-order valence-corrected chi connectivity index (χ2v) is 2.99. The van der Waals surface area contributed by atoms with Crippen molar-refractivity contribution in [3.63, 3.8) is 0 Å². The third-order valence-electron chi connectivity index (χ3n) is 1.63. The van der Waals surface area contributed by atoms with Crippen molar-refractivity contribution in [2.24, 2.45) is 0 Å². The molecule has 0 aliphatic rings. The van der Waals surface area contributed by atoms with Crippen molar-refractivity contribution in [1.29, 1.82) is 0 Å². The van der Waals surface area contributed by atoms with E-state index in [0.29, 0.717) is 6.61 Å². The van der Waals surface area contributed by atoms with Crippen molar-refractivity contribution in [1.82, 2.24) is 0 Å². The molecule has 0 fully saturated rings. The van der Waals surface area contributed by atoms with Gasteiger partial charge in [0.05, 0.1) is 0 Å². The van der Waals surface area contributed by atoms with Crippen LogP contribution in [-0.2, 0) is 16.1 Å². The molecule has 1 aromatic carbocycles. The highest BCUT2D eigenvalue weighted by molar-refractivity contribution is 5.73. The topological polar surface area (TPSA) is 53.9 Å². The van der Waals surface area contributed by atoms with E-state index in [1.54, 1.807) is 6.92 Å². The van der Waals surface area contributed by atoms with Crippen LogP contribution in [0.3, 0.4) is 0 Å². The third kappa shape index (κ3) is 3.25. The Labute approximate surface area is 77.5 Å². The lowest BCUT2D eigenvalue weighted by molar-refractivity contribution is -0.403. The van der Waals surface area contributed by atoms with Crippen molar-refractivity contribution in [3.8, 4) is 0 Å². The molecule has 0 radical (unpaired) electrons. The van der Waals surface area contributed by atoms with E-state index in [4.69, 9.17) is 4.74 Å². The Hall–Kier alpha value is -1.35. The van der Waals surface area contributed by atoms with Gasteiger partial charge in [0.25, 0.3) is 0 Å². The fourth-order valence-corrected chi connectivity index (χ4v) is 0.871. The van der Waals surface area contributed by atoms with Crippen molar-refractivity contribution in [2.75, 3.05) is 0 Å². The summed E-state index contributed by atoms with van der Waals surface area (Å²) >= 11 is 0. The molecule has 0 bridgehead atoms. The number of carbonyl (C=O) groups is 1. The molecule has 70 valence electrons. The van der Waals surface area contributed by atoms with Gasteiger partial charge in [0, 0.05) is 0 Å². The fraction of sp³-hybridized carbons (Fsp3) is 0.300. The summed E-state index contributed by atoms with van der Waals surface area (Å²) in [5, 5.41) is 0. The van der Waals surface area contributed by atoms with Crippen LogP contribution in [0.5, 0.6) is 0 Å². The van der Waals surface area contributed by atoms with Crippen LogP contribution >= 0.6 is 0 Å². The maximum Gasteiger partial charge on any atom is 0.364 e. The second-order valence-electron chi connectivity index (χ2n) is 2.99. The first-order valence-corrected chi connectivity index (χ1v) is 4.24. The van der Waals surface area contributed by atoms with Gasteiger partial charge in [0.2, 0.25) is 0 Å². The third-order valence-corrected chi connectivity index (χ3v) is 1.63. The van der Waals surface area contributed by atoms with E-state index in [-0.39, 0.29) is 12.0 Å². The summed E-state index contributed by atoms with van der Waals surface area (Å²) < 4.78 is 4.99. The lowest BCUT2D eigenvalue weighted by Gasteiger charge is -2.04. The number of ether oxygens (including phenoxy) is 1. The number of hydrogen-bond donors (Lipinski definition) is 1. The van der Waals surface area contributed by atoms with Gasteiger partial charge in [-0.05, 0) is 12.5 Å². The van der Waals surface area contributed by atoms with Crippen LogP contribution in [-0.4, -0.2) is 12.0 Å². The Morgan fingerprint density at radius 2 is 2.08 bits per heavy atom. The molecule has 1 aromatic rings. The molecule has 1 atom stereocenters. The molecule has 0 heterocycles. The lowest BCUT2D eigenvalue weighted by atomic mass is 10.2. The number of rotatable bonds is 3. The summed E-state index contributed by atoms with van der Waals surface area (Å²) in [5.74, 6) is -0.260. The Kier molecular flexibility index (Phi) is 3.46. The van der Waals surface area contributed by atoms with E-state index < -0.39 is 0 Å². The molecule has 0 unspecified atom stereocenters. The highest BCUT2D eigenvalue weighted by Crippen LogP contribution is 2.00. The first-order valence-electron chi connectivity index (χ1n) is 4.24. The Balaban J connectivity index is 2.40. The quantitative estimate of drug-likeness (QED) is 0.683. The van der Waals surface area contributed by atoms with Gasteiger partial charge in [0.1, 0.15) is 6.61 Å². The smallest absolute Gasteiger partial charge is 0.364 e. The van der Waals surface area contributed by atoms with Gasteiger partial charge in [-0.3, -0.25) is 0 Å². The summed E-state index contributed by atoms with van der Waals surface area (Å²) in [6.07, 6.45) is 0. The van der Waals surface area contributed by atoms with E-state index >= 15 is 0 Å². The van der Waals surface area contributed by atoms with Gasteiger partial charge in [0.15, 0.2) is 6.04 Å². The number of hydrogen-bond acceptors (Lipinski definition) is 2. The second kappa shape index (κ2) is 4.62. The molecular weight excluding hydrogens is 166 g/mol. The van der Waals surface area contributed by atoms with Gasteiger partial charge >= 0.3 is 5.97 Å². The number of quaternary nitrogens is 1. The van der Waals surface area contributed by atoms with Gasteiger partial charge in [-0.2, -0.15) is 0 Å². The van der Waals surface area contributed by atoms with Crippen LogP contribution in [0.15, 0.2) is 30.3 Å². The van der Waals surface area contributed by atoms with Gasteiger partial charge < -0.3 is 10.5 Å². The predicted molar refractivity (Wildman–Crippen MR) is 48.6 cm³/mol. The van der Waals surface area contributed by atoms with Crippen LogP contribution < -0.4 is 5.73 Å². The molecule has 0 aliphatic heterocycles. The first kappa shape index (κ1) is 9.74. The predicted octanol–water partition coefficient (Wildman–Crippen LogP) is 0.360. The van der Waals surface area contributed by atoms with E-state index in [9.17, 15) is 4.79 Å². The minimum atomic E-state index is -0.302. The number of benzene rings is 1. The van der Waals surface area contributed by atoms with Crippen molar-refractivity contribution in [2.45, 2.75) is 19.6 Å². The average molecular weight is 180 g/mol. The monoisotopic (exact) mass is 180 g/mol.